The highest BCUT2D eigenvalue weighted by molar-refractivity contribution is 5.56. The Morgan fingerprint density at radius 3 is 2.50 bits per heavy atom. The van der Waals surface area contributed by atoms with Gasteiger partial charge in [-0.2, -0.15) is 0 Å². The highest BCUT2D eigenvalue weighted by Gasteiger charge is 2.11. The van der Waals surface area contributed by atoms with Crippen LogP contribution >= 0.6 is 0 Å². The molecule has 1 aromatic carbocycles. The van der Waals surface area contributed by atoms with Crippen molar-refractivity contribution in [3.63, 3.8) is 0 Å². The van der Waals surface area contributed by atoms with Crippen LogP contribution in [0.5, 0.6) is 0 Å². The summed E-state index contributed by atoms with van der Waals surface area (Å²) in [5, 5.41) is 9.65. The van der Waals surface area contributed by atoms with Crippen molar-refractivity contribution >= 4 is 11.4 Å². The summed E-state index contributed by atoms with van der Waals surface area (Å²) < 4.78 is 0. The van der Waals surface area contributed by atoms with Crippen molar-refractivity contribution < 1.29 is 5.11 Å². The Labute approximate surface area is 82.8 Å². The molecule has 0 bridgehead atoms. The van der Waals surface area contributed by atoms with Crippen molar-refractivity contribution in [1.29, 1.82) is 0 Å². The first-order chi connectivity index (χ1) is 6.77. The Bertz CT molecular complexity index is 367. The fourth-order valence-electron chi connectivity index (χ4n) is 1.37. The van der Waals surface area contributed by atoms with Crippen LogP contribution in [0.2, 0.25) is 0 Å². The summed E-state index contributed by atoms with van der Waals surface area (Å²) in [5.74, 6) is 0. The number of hydrogen-bond acceptors (Lipinski definition) is 3. The molecule has 1 heterocycles. The molecule has 72 valence electrons. The number of hydrogen-bond donors (Lipinski definition) is 2. The first kappa shape index (κ1) is 8.84. The molecular formula is C11H12N2O. The molecule has 1 aliphatic rings. The van der Waals surface area contributed by atoms with Crippen molar-refractivity contribution in [1.82, 2.24) is 0 Å². The zero-order valence-electron chi connectivity index (χ0n) is 7.67. The Hall–Kier alpha value is -1.74. The van der Waals surface area contributed by atoms with Crippen LogP contribution in [0.1, 0.15) is 0 Å². The van der Waals surface area contributed by atoms with Crippen LogP contribution in [0.25, 0.3) is 0 Å². The molecule has 1 unspecified atom stereocenters. The summed E-state index contributed by atoms with van der Waals surface area (Å²) >= 11 is 0. The van der Waals surface area contributed by atoms with E-state index in [1.54, 1.807) is 11.0 Å². The summed E-state index contributed by atoms with van der Waals surface area (Å²) in [4.78, 5) is 1.76. The lowest BCUT2D eigenvalue weighted by molar-refractivity contribution is 0.227. The molecule has 0 aromatic heterocycles. The average molecular weight is 188 g/mol. The summed E-state index contributed by atoms with van der Waals surface area (Å²) in [6, 6.07) is 7.38. The summed E-state index contributed by atoms with van der Waals surface area (Å²) in [6.45, 7) is 0. The minimum absolute atomic E-state index is 0.594. The second kappa shape index (κ2) is 3.55. The van der Waals surface area contributed by atoms with E-state index in [1.807, 2.05) is 42.6 Å². The molecule has 0 saturated carbocycles. The van der Waals surface area contributed by atoms with Crippen LogP contribution in [0.15, 0.2) is 48.7 Å². The second-order valence-corrected chi connectivity index (χ2v) is 3.14. The number of allylic oxidation sites excluding steroid dienone is 2. The SMILES string of the molecule is Nc1ccc(N2C=CC=CC2O)cc1. The molecule has 3 heteroatoms. The van der Waals surface area contributed by atoms with Gasteiger partial charge in [-0.1, -0.05) is 6.08 Å². The third-order valence-electron chi connectivity index (χ3n) is 2.12. The number of nitrogens with zero attached hydrogens (tertiary/aromatic N) is 1. The number of nitrogens with two attached hydrogens (primary N) is 1. The number of aliphatic hydroxyl groups is 1. The lowest BCUT2D eigenvalue weighted by atomic mass is 10.2. The molecular weight excluding hydrogens is 176 g/mol. The monoisotopic (exact) mass is 188 g/mol. The molecule has 14 heavy (non-hydrogen) atoms. The fourth-order valence-corrected chi connectivity index (χ4v) is 1.37. The van der Waals surface area contributed by atoms with E-state index in [0.29, 0.717) is 0 Å². The maximum atomic E-state index is 9.65. The van der Waals surface area contributed by atoms with Gasteiger partial charge in [0.25, 0.3) is 0 Å². The molecule has 1 aromatic rings. The third kappa shape index (κ3) is 1.63. The predicted octanol–water partition coefficient (Wildman–Crippen LogP) is 1.48. The maximum absolute atomic E-state index is 9.65. The van der Waals surface area contributed by atoms with E-state index in [4.69, 9.17) is 5.73 Å². The molecule has 1 aliphatic heterocycles. The van der Waals surface area contributed by atoms with E-state index in [-0.39, 0.29) is 0 Å². The van der Waals surface area contributed by atoms with Gasteiger partial charge in [-0.25, -0.2) is 0 Å². The zero-order valence-corrected chi connectivity index (χ0v) is 7.67. The quantitative estimate of drug-likeness (QED) is 0.656. The first-order valence-electron chi connectivity index (χ1n) is 4.44. The highest BCUT2D eigenvalue weighted by atomic mass is 16.3. The van der Waals surface area contributed by atoms with E-state index in [9.17, 15) is 5.11 Å². The van der Waals surface area contributed by atoms with Crippen molar-refractivity contribution in [2.24, 2.45) is 0 Å². The number of rotatable bonds is 1. The summed E-state index contributed by atoms with van der Waals surface area (Å²) in [6.07, 6.45) is 6.65. The van der Waals surface area contributed by atoms with Crippen molar-refractivity contribution in [3.8, 4) is 0 Å². The smallest absolute Gasteiger partial charge is 0.150 e. The van der Waals surface area contributed by atoms with Crippen molar-refractivity contribution in [3.05, 3.63) is 48.7 Å². The van der Waals surface area contributed by atoms with Gasteiger partial charge >= 0.3 is 0 Å². The van der Waals surface area contributed by atoms with Gasteiger partial charge in [-0.15, -0.1) is 0 Å². The predicted molar refractivity (Wildman–Crippen MR) is 57.6 cm³/mol. The van der Waals surface area contributed by atoms with Crippen LogP contribution in [-0.2, 0) is 0 Å². The number of anilines is 2. The maximum Gasteiger partial charge on any atom is 0.150 e. The molecule has 0 aliphatic carbocycles. The first-order valence-corrected chi connectivity index (χ1v) is 4.44. The Morgan fingerprint density at radius 1 is 1.14 bits per heavy atom. The average Bonchev–Trinajstić information content (AvgIpc) is 2.20. The third-order valence-corrected chi connectivity index (χ3v) is 2.12. The molecule has 0 amide bonds. The lowest BCUT2D eigenvalue weighted by Gasteiger charge is -2.26. The van der Waals surface area contributed by atoms with E-state index < -0.39 is 6.23 Å². The topological polar surface area (TPSA) is 49.5 Å². The van der Waals surface area contributed by atoms with E-state index in [1.165, 1.54) is 0 Å². The second-order valence-electron chi connectivity index (χ2n) is 3.14. The van der Waals surface area contributed by atoms with E-state index in [0.717, 1.165) is 11.4 Å². The van der Waals surface area contributed by atoms with Gasteiger partial charge in [-0.3, -0.25) is 0 Å². The molecule has 0 fully saturated rings. The summed E-state index contributed by atoms with van der Waals surface area (Å²) in [7, 11) is 0. The van der Waals surface area contributed by atoms with Crippen molar-refractivity contribution in [2.75, 3.05) is 10.6 Å². The molecule has 0 spiro atoms. The zero-order chi connectivity index (χ0) is 9.97. The Kier molecular flexibility index (Phi) is 2.24. The van der Waals surface area contributed by atoms with Crippen LogP contribution in [0, 0.1) is 0 Å². The minimum atomic E-state index is -0.594. The highest BCUT2D eigenvalue weighted by Crippen LogP contribution is 2.20. The van der Waals surface area contributed by atoms with Crippen molar-refractivity contribution in [2.45, 2.75) is 6.23 Å². The number of aliphatic hydroxyl groups excluding tert-OH is 1. The molecule has 3 N–H and O–H groups in total. The standard InChI is InChI=1S/C11H12N2O/c12-9-4-6-10(7-5-9)13-8-2-1-3-11(13)14/h1-8,11,14H,12H2. The van der Waals surface area contributed by atoms with Crippen LogP contribution in [0.3, 0.4) is 0 Å². The fraction of sp³-hybridized carbons (Fsp3) is 0.0909. The summed E-state index contributed by atoms with van der Waals surface area (Å²) in [5.41, 5.74) is 7.22. The molecule has 1 atom stereocenters. The Morgan fingerprint density at radius 2 is 1.86 bits per heavy atom. The van der Waals surface area contributed by atoms with Gasteiger partial charge in [0.15, 0.2) is 0 Å². The Balaban J connectivity index is 2.27. The molecule has 0 radical (unpaired) electrons. The van der Waals surface area contributed by atoms with Gasteiger partial charge in [0, 0.05) is 17.6 Å². The number of nitrogen functional groups attached to an aromatic ring is 1. The molecule has 3 nitrogen and oxygen atoms in total. The van der Waals surface area contributed by atoms with Crippen LogP contribution in [-0.4, -0.2) is 11.3 Å². The molecule has 0 saturated heterocycles. The van der Waals surface area contributed by atoms with Gasteiger partial charge in [-0.05, 0) is 36.4 Å². The van der Waals surface area contributed by atoms with Gasteiger partial charge in [0.1, 0.15) is 6.23 Å². The van der Waals surface area contributed by atoms with Crippen LogP contribution < -0.4 is 10.6 Å². The van der Waals surface area contributed by atoms with E-state index in [2.05, 4.69) is 0 Å². The van der Waals surface area contributed by atoms with Gasteiger partial charge in [0.2, 0.25) is 0 Å². The van der Waals surface area contributed by atoms with Gasteiger partial charge < -0.3 is 15.7 Å². The minimum Gasteiger partial charge on any atom is -0.399 e. The van der Waals surface area contributed by atoms with Crippen LogP contribution in [0.4, 0.5) is 11.4 Å². The number of benzene rings is 1. The van der Waals surface area contributed by atoms with Gasteiger partial charge in [0.05, 0.1) is 0 Å². The lowest BCUT2D eigenvalue weighted by Crippen LogP contribution is -2.29. The van der Waals surface area contributed by atoms with E-state index >= 15 is 0 Å². The molecule has 2 rings (SSSR count). The largest absolute Gasteiger partial charge is 0.399 e. The normalized spacial score (nSPS) is 20.1.